The van der Waals surface area contributed by atoms with Crippen molar-refractivity contribution in [3.05, 3.63) is 59.7 Å². The van der Waals surface area contributed by atoms with Crippen molar-refractivity contribution < 1.29 is 14.6 Å². The average Bonchev–Trinajstić information content (AvgIpc) is 2.46. The van der Waals surface area contributed by atoms with Crippen molar-refractivity contribution in [1.29, 1.82) is 0 Å². The molecule has 0 unspecified atom stereocenters. The van der Waals surface area contributed by atoms with E-state index < -0.39 is 5.97 Å². The summed E-state index contributed by atoms with van der Waals surface area (Å²) < 4.78 is 6.51. The van der Waals surface area contributed by atoms with Crippen molar-refractivity contribution in [2.75, 3.05) is 0 Å². The maximum absolute atomic E-state index is 11.2. The van der Waals surface area contributed by atoms with Gasteiger partial charge in [-0.15, -0.1) is 0 Å². The van der Waals surface area contributed by atoms with Gasteiger partial charge in [0.2, 0.25) is 0 Å². The van der Waals surface area contributed by atoms with Crippen molar-refractivity contribution in [3.63, 3.8) is 0 Å². The molecule has 0 aliphatic rings. The summed E-state index contributed by atoms with van der Waals surface area (Å²) in [7, 11) is 0. The number of carbonyl (C=O) groups is 1. The Balaban J connectivity index is 2.13. The van der Waals surface area contributed by atoms with E-state index in [1.807, 2.05) is 48.3 Å². The van der Waals surface area contributed by atoms with Crippen LogP contribution >= 0.6 is 0 Å². The molecule has 0 aromatic heterocycles. The van der Waals surface area contributed by atoms with Crippen LogP contribution in [-0.4, -0.2) is 26.0 Å². The Morgan fingerprint density at radius 3 is 2.58 bits per heavy atom. The van der Waals surface area contributed by atoms with Crippen molar-refractivity contribution in [2.45, 2.75) is 12.4 Å². The molecule has 0 saturated carbocycles. The first-order valence-electron chi connectivity index (χ1n) is 5.79. The van der Waals surface area contributed by atoms with E-state index in [1.54, 1.807) is 6.07 Å². The number of ether oxygens (including phenoxy) is 1. The van der Waals surface area contributed by atoms with Crippen LogP contribution in [0.2, 0.25) is 5.82 Å². The van der Waals surface area contributed by atoms with Gasteiger partial charge in [0.15, 0.2) is 0 Å². The Hall–Kier alpha value is -1.77. The van der Waals surface area contributed by atoms with E-state index in [2.05, 4.69) is 0 Å². The molecule has 0 spiro atoms. The van der Waals surface area contributed by atoms with Crippen LogP contribution in [0.15, 0.2) is 48.5 Å². The first-order chi connectivity index (χ1) is 9.20. The normalized spacial score (nSPS) is 10.2. The average molecular weight is 321 g/mol. The number of carboxylic acids is 1. The molecule has 4 heteroatoms. The van der Waals surface area contributed by atoms with Gasteiger partial charge in [-0.25, -0.2) is 0 Å². The van der Waals surface area contributed by atoms with Crippen LogP contribution in [0.1, 0.15) is 15.9 Å². The number of aromatic carboxylic acids is 1. The number of carboxylic acid groups (broad SMARTS) is 1. The molecule has 2 aromatic carbocycles. The summed E-state index contributed by atoms with van der Waals surface area (Å²) in [6.45, 7) is 0.441. The van der Waals surface area contributed by atoms with E-state index in [0.717, 1.165) is 10.0 Å². The minimum atomic E-state index is -0.899. The SMILES string of the molecule is C[Se]c1ccc(OCc2ccccc2)cc1C(=O)O. The topological polar surface area (TPSA) is 46.5 Å². The summed E-state index contributed by atoms with van der Waals surface area (Å²) >= 11 is 0.158. The van der Waals surface area contributed by atoms with Crippen LogP contribution in [-0.2, 0) is 6.61 Å². The third-order valence-corrected chi connectivity index (χ3v) is 4.32. The van der Waals surface area contributed by atoms with E-state index in [0.29, 0.717) is 17.9 Å². The monoisotopic (exact) mass is 322 g/mol. The Morgan fingerprint density at radius 2 is 1.95 bits per heavy atom. The fourth-order valence-electron chi connectivity index (χ4n) is 1.68. The van der Waals surface area contributed by atoms with Crippen LogP contribution in [0.5, 0.6) is 5.75 Å². The third kappa shape index (κ3) is 3.60. The van der Waals surface area contributed by atoms with Gasteiger partial charge in [-0.3, -0.25) is 0 Å². The molecule has 98 valence electrons. The van der Waals surface area contributed by atoms with E-state index in [9.17, 15) is 4.79 Å². The summed E-state index contributed by atoms with van der Waals surface area (Å²) in [5.74, 6) is 1.69. The zero-order valence-corrected chi connectivity index (χ0v) is 12.2. The predicted molar refractivity (Wildman–Crippen MR) is 75.4 cm³/mol. The van der Waals surface area contributed by atoms with E-state index in [-0.39, 0.29) is 15.0 Å². The van der Waals surface area contributed by atoms with Crippen LogP contribution in [0, 0.1) is 0 Å². The van der Waals surface area contributed by atoms with Crippen LogP contribution in [0.3, 0.4) is 0 Å². The van der Waals surface area contributed by atoms with Gasteiger partial charge < -0.3 is 0 Å². The first-order valence-corrected chi connectivity index (χ1v) is 8.35. The van der Waals surface area contributed by atoms with E-state index >= 15 is 0 Å². The van der Waals surface area contributed by atoms with Crippen molar-refractivity contribution in [1.82, 2.24) is 0 Å². The Morgan fingerprint density at radius 1 is 1.21 bits per heavy atom. The van der Waals surface area contributed by atoms with E-state index in [4.69, 9.17) is 9.84 Å². The molecule has 0 radical (unpaired) electrons. The molecular formula is C15H14O3Se. The number of hydrogen-bond acceptors (Lipinski definition) is 2. The summed E-state index contributed by atoms with van der Waals surface area (Å²) in [6.07, 6.45) is 0. The second kappa shape index (κ2) is 6.41. The Kier molecular flexibility index (Phi) is 4.61. The molecule has 0 bridgehead atoms. The van der Waals surface area contributed by atoms with Crippen molar-refractivity contribution in [3.8, 4) is 5.75 Å². The second-order valence-electron chi connectivity index (χ2n) is 3.94. The van der Waals surface area contributed by atoms with Crippen LogP contribution < -0.4 is 9.20 Å². The van der Waals surface area contributed by atoms with Gasteiger partial charge in [0, 0.05) is 0 Å². The Labute approximate surface area is 118 Å². The summed E-state index contributed by atoms with van der Waals surface area (Å²) in [5.41, 5.74) is 1.40. The predicted octanol–water partition coefficient (Wildman–Crippen LogP) is 2.34. The van der Waals surface area contributed by atoms with Gasteiger partial charge in [0.05, 0.1) is 0 Å². The van der Waals surface area contributed by atoms with Crippen LogP contribution in [0.4, 0.5) is 0 Å². The summed E-state index contributed by atoms with van der Waals surface area (Å²) in [5, 5.41) is 9.16. The minimum absolute atomic E-state index is 0.158. The summed E-state index contributed by atoms with van der Waals surface area (Å²) in [6, 6.07) is 15.1. The summed E-state index contributed by atoms with van der Waals surface area (Å²) in [4.78, 5) is 11.2. The van der Waals surface area contributed by atoms with Crippen molar-refractivity contribution >= 4 is 25.4 Å². The number of hydrogen-bond donors (Lipinski definition) is 1. The molecule has 3 nitrogen and oxygen atoms in total. The molecular weight excluding hydrogens is 307 g/mol. The quantitative estimate of drug-likeness (QED) is 0.860. The zero-order valence-electron chi connectivity index (χ0n) is 10.5. The molecule has 0 aliphatic heterocycles. The second-order valence-corrected chi connectivity index (χ2v) is 5.72. The molecule has 19 heavy (non-hydrogen) atoms. The van der Waals surface area contributed by atoms with Crippen molar-refractivity contribution in [2.24, 2.45) is 0 Å². The Bertz CT molecular complexity index is 567. The zero-order chi connectivity index (χ0) is 13.7. The number of benzene rings is 2. The van der Waals surface area contributed by atoms with Gasteiger partial charge in [-0.05, 0) is 0 Å². The van der Waals surface area contributed by atoms with Gasteiger partial charge >= 0.3 is 118 Å². The molecule has 0 saturated heterocycles. The fourth-order valence-corrected chi connectivity index (χ4v) is 2.88. The van der Waals surface area contributed by atoms with Crippen LogP contribution in [0.25, 0.3) is 0 Å². The first kappa shape index (κ1) is 13.7. The molecule has 2 rings (SSSR count). The number of rotatable bonds is 5. The molecule has 0 amide bonds. The molecule has 0 atom stereocenters. The maximum atomic E-state index is 11.2. The van der Waals surface area contributed by atoms with Gasteiger partial charge in [0.25, 0.3) is 0 Å². The molecule has 2 aromatic rings. The van der Waals surface area contributed by atoms with E-state index in [1.165, 1.54) is 0 Å². The molecule has 0 aliphatic carbocycles. The molecule has 0 fully saturated rings. The van der Waals surface area contributed by atoms with Gasteiger partial charge in [0.1, 0.15) is 0 Å². The third-order valence-electron chi connectivity index (χ3n) is 2.65. The van der Waals surface area contributed by atoms with Gasteiger partial charge in [-0.2, -0.15) is 0 Å². The molecule has 0 heterocycles. The fraction of sp³-hybridized carbons (Fsp3) is 0.133. The standard InChI is InChI=1S/C15H14O3Se/c1-19-14-8-7-12(9-13(14)15(16)17)18-10-11-5-3-2-4-6-11/h2-9H,10H2,1H3,(H,16,17). The van der Waals surface area contributed by atoms with Gasteiger partial charge in [-0.1, -0.05) is 0 Å². The molecule has 1 N–H and O–H groups in total.